The Bertz CT molecular complexity index is 1530. The number of hydrogen-bond donors (Lipinski definition) is 2. The number of benzene rings is 3. The number of amides is 3. The minimum Gasteiger partial charge on any atom is -0.493 e. The van der Waals surface area contributed by atoms with Crippen molar-refractivity contribution in [3.05, 3.63) is 71.8 Å². The van der Waals surface area contributed by atoms with Gasteiger partial charge in [0.15, 0.2) is 28.6 Å². The highest BCUT2D eigenvalue weighted by molar-refractivity contribution is 5.95. The Morgan fingerprint density at radius 1 is 0.867 bits per heavy atom. The molecule has 2 N–H and O–H groups in total. The molecule has 7 heterocycles. The Morgan fingerprint density at radius 3 is 2.18 bits per heavy atom. The number of likely N-dealkylation sites (tertiary alicyclic amines) is 1. The van der Waals surface area contributed by atoms with E-state index in [9.17, 15) is 14.4 Å². The molecule has 1 fully saturated rings. The van der Waals surface area contributed by atoms with Crippen molar-refractivity contribution in [2.75, 3.05) is 40.5 Å². The Hall–Kier alpha value is -4.93. The molecular weight excluding hydrogens is 578 g/mol. The molecule has 3 aromatic rings. The molecule has 6 bridgehead atoms. The van der Waals surface area contributed by atoms with E-state index in [1.165, 1.54) is 14.2 Å². The van der Waals surface area contributed by atoms with E-state index >= 15 is 0 Å². The first kappa shape index (κ1) is 31.5. The summed E-state index contributed by atoms with van der Waals surface area (Å²) in [5, 5.41) is 5.89. The minimum atomic E-state index is -1.18. The van der Waals surface area contributed by atoms with Gasteiger partial charge >= 0.3 is 0 Å². The summed E-state index contributed by atoms with van der Waals surface area (Å²) < 4.78 is 29.5. The van der Waals surface area contributed by atoms with E-state index in [0.29, 0.717) is 66.0 Å². The zero-order valence-corrected chi connectivity index (χ0v) is 26.0. The summed E-state index contributed by atoms with van der Waals surface area (Å²) in [4.78, 5) is 41.1. The molecule has 0 aromatic heterocycles. The summed E-state index contributed by atoms with van der Waals surface area (Å²) in [5.74, 6) is 2.14. The number of rotatable bonds is 3. The van der Waals surface area contributed by atoms with E-state index in [1.54, 1.807) is 59.5 Å². The highest BCUT2D eigenvalue weighted by Crippen LogP contribution is 2.38. The van der Waals surface area contributed by atoms with Crippen LogP contribution < -0.4 is 34.3 Å². The van der Waals surface area contributed by atoms with Crippen molar-refractivity contribution in [1.29, 1.82) is 0 Å². The number of nitrogens with one attached hydrogen (secondary N) is 2. The molecule has 7 aliphatic rings. The van der Waals surface area contributed by atoms with Crippen LogP contribution in [0.5, 0.6) is 34.5 Å². The molecule has 0 saturated carbocycles. The molecule has 11 heteroatoms. The molecular formula is C34H39N3O8. The number of methoxy groups -OCH3 is 2. The molecule has 10 rings (SSSR count). The van der Waals surface area contributed by atoms with E-state index in [2.05, 4.69) is 10.6 Å². The maximum atomic E-state index is 13.8. The number of carbonyl (C=O) groups excluding carboxylic acids is 3. The fourth-order valence-electron chi connectivity index (χ4n) is 5.36. The van der Waals surface area contributed by atoms with Crippen LogP contribution in [0.15, 0.2) is 60.7 Å². The van der Waals surface area contributed by atoms with Crippen LogP contribution in [-0.4, -0.2) is 68.7 Å². The quantitative estimate of drug-likeness (QED) is 0.445. The molecule has 0 aliphatic carbocycles. The molecule has 238 valence electrons. The van der Waals surface area contributed by atoms with Crippen LogP contribution >= 0.6 is 0 Å². The fraction of sp³-hybridized carbons (Fsp3) is 0.382. The fourth-order valence-corrected chi connectivity index (χ4v) is 5.36. The van der Waals surface area contributed by atoms with Crippen molar-refractivity contribution < 1.29 is 38.1 Å². The maximum absolute atomic E-state index is 13.8. The van der Waals surface area contributed by atoms with Crippen molar-refractivity contribution in [2.45, 2.75) is 38.8 Å². The van der Waals surface area contributed by atoms with Gasteiger partial charge in [-0.3, -0.25) is 14.4 Å². The van der Waals surface area contributed by atoms with Crippen LogP contribution in [-0.2, 0) is 16.1 Å². The number of carbonyl (C=O) groups is 3. The number of piperidine rings is 1. The van der Waals surface area contributed by atoms with Gasteiger partial charge < -0.3 is 39.2 Å². The summed E-state index contributed by atoms with van der Waals surface area (Å²) in [6, 6.07) is 17.3. The van der Waals surface area contributed by atoms with E-state index < -0.39 is 5.60 Å². The largest absolute Gasteiger partial charge is 0.493 e. The Morgan fingerprint density at radius 2 is 1.51 bits per heavy atom. The summed E-state index contributed by atoms with van der Waals surface area (Å²) in [7, 11) is 3.03. The number of hydrogen-bond acceptors (Lipinski definition) is 8. The smallest absolute Gasteiger partial charge is 0.264 e. The van der Waals surface area contributed by atoms with Crippen LogP contribution in [0.25, 0.3) is 0 Å². The lowest BCUT2D eigenvalue weighted by atomic mass is 9.89. The molecule has 0 unspecified atom stereocenters. The predicted molar refractivity (Wildman–Crippen MR) is 166 cm³/mol. The summed E-state index contributed by atoms with van der Waals surface area (Å²) >= 11 is 0. The zero-order valence-electron chi connectivity index (χ0n) is 26.0. The number of ether oxygens (including phenoxy) is 5. The highest BCUT2D eigenvalue weighted by Gasteiger charge is 2.45. The SMILES string of the molecule is COc1cc2ccc1Oc1ccc(cc1OC)C(=O)NCCOc1ccc(cc1)OC1(CCN(C(=O)C(C)C)CC1)C(=O)NC2. The van der Waals surface area contributed by atoms with Crippen molar-refractivity contribution in [1.82, 2.24) is 15.5 Å². The standard InChI is InChI=1S/C34H39N3O8/c1-22(2)32(39)37-16-13-34(14-17-37)33(40)36-21-23-5-11-27(29(19-23)41-3)44-28-12-6-24(20-30(28)42-4)31(38)35-15-18-43-25-7-9-26(45-34)10-8-25/h5-12,19-20,22H,13-18,21H2,1-4H3,(H,35,38)(H,36,40). The normalized spacial score (nSPS) is 16.8. The van der Waals surface area contributed by atoms with Gasteiger partial charge in [-0.2, -0.15) is 0 Å². The van der Waals surface area contributed by atoms with Gasteiger partial charge in [0.05, 0.1) is 20.8 Å². The minimum absolute atomic E-state index is 0.0555. The first-order valence-corrected chi connectivity index (χ1v) is 15.0. The number of nitrogens with zero attached hydrogens (tertiary/aromatic N) is 1. The Balaban J connectivity index is 1.44. The third-order valence-electron chi connectivity index (χ3n) is 7.91. The summed E-state index contributed by atoms with van der Waals surface area (Å²) in [5.41, 5.74) is 0.0187. The lowest BCUT2D eigenvalue weighted by Crippen LogP contribution is -2.58. The topological polar surface area (TPSA) is 125 Å². The van der Waals surface area contributed by atoms with Crippen molar-refractivity contribution in [3.8, 4) is 34.5 Å². The van der Waals surface area contributed by atoms with Crippen LogP contribution in [0.1, 0.15) is 42.6 Å². The lowest BCUT2D eigenvalue weighted by Gasteiger charge is -2.41. The van der Waals surface area contributed by atoms with Gasteiger partial charge in [0.2, 0.25) is 5.91 Å². The highest BCUT2D eigenvalue weighted by atomic mass is 16.5. The second kappa shape index (κ2) is 13.8. The van der Waals surface area contributed by atoms with Gasteiger partial charge in [-0.25, -0.2) is 0 Å². The first-order valence-electron chi connectivity index (χ1n) is 15.0. The van der Waals surface area contributed by atoms with Crippen molar-refractivity contribution in [3.63, 3.8) is 0 Å². The Kier molecular flexibility index (Phi) is 9.65. The molecule has 7 aliphatic heterocycles. The second-order valence-corrected chi connectivity index (χ2v) is 11.3. The average Bonchev–Trinajstić information content (AvgIpc) is 3.06. The van der Waals surface area contributed by atoms with Crippen molar-refractivity contribution in [2.24, 2.45) is 5.92 Å². The van der Waals surface area contributed by atoms with E-state index in [4.69, 9.17) is 23.7 Å². The molecule has 1 saturated heterocycles. The molecule has 1 spiro atoms. The van der Waals surface area contributed by atoms with E-state index in [-0.39, 0.29) is 43.3 Å². The van der Waals surface area contributed by atoms with E-state index in [1.807, 2.05) is 19.9 Å². The predicted octanol–water partition coefficient (Wildman–Crippen LogP) is 4.33. The van der Waals surface area contributed by atoms with Gasteiger partial charge in [0.1, 0.15) is 18.1 Å². The van der Waals surface area contributed by atoms with E-state index in [0.717, 1.165) is 5.56 Å². The van der Waals surface area contributed by atoms with Crippen LogP contribution in [0, 0.1) is 5.92 Å². The van der Waals surface area contributed by atoms with Gasteiger partial charge in [-0.05, 0) is 60.2 Å². The van der Waals surface area contributed by atoms with Gasteiger partial charge in [0, 0.05) is 44.0 Å². The Labute approximate surface area is 262 Å². The third-order valence-corrected chi connectivity index (χ3v) is 7.91. The van der Waals surface area contributed by atoms with Gasteiger partial charge in [-0.15, -0.1) is 0 Å². The molecule has 0 radical (unpaired) electrons. The van der Waals surface area contributed by atoms with Crippen molar-refractivity contribution >= 4 is 17.7 Å². The monoisotopic (exact) mass is 617 g/mol. The molecule has 11 nitrogen and oxygen atoms in total. The summed E-state index contributed by atoms with van der Waals surface area (Å²) in [6.45, 7) is 5.28. The van der Waals surface area contributed by atoms with Crippen LogP contribution in [0.4, 0.5) is 0 Å². The molecule has 0 atom stereocenters. The molecule has 3 amide bonds. The second-order valence-electron chi connectivity index (χ2n) is 11.3. The van der Waals surface area contributed by atoms with Crippen LogP contribution in [0.3, 0.4) is 0 Å². The first-order chi connectivity index (χ1) is 21.7. The zero-order chi connectivity index (χ0) is 32.0. The van der Waals surface area contributed by atoms with Gasteiger partial charge in [0.25, 0.3) is 11.8 Å². The average molecular weight is 618 g/mol. The molecule has 3 aromatic carbocycles. The lowest BCUT2D eigenvalue weighted by molar-refractivity contribution is -0.147. The van der Waals surface area contributed by atoms with Crippen LogP contribution in [0.2, 0.25) is 0 Å². The molecule has 45 heavy (non-hydrogen) atoms. The van der Waals surface area contributed by atoms with Gasteiger partial charge in [-0.1, -0.05) is 19.9 Å². The summed E-state index contributed by atoms with van der Waals surface area (Å²) in [6.07, 6.45) is 0.678. The third kappa shape index (κ3) is 7.25. The maximum Gasteiger partial charge on any atom is 0.264 e.